The fraction of sp³-hybridized carbons (Fsp3) is 0. The molecule has 0 saturated carbocycles. The van der Waals surface area contributed by atoms with E-state index in [1.807, 2.05) is 4.72 Å². The van der Waals surface area contributed by atoms with Crippen LogP contribution in [0, 0.1) is 5.82 Å². The molecule has 1 aromatic carbocycles. The van der Waals surface area contributed by atoms with Gasteiger partial charge in [-0.2, -0.15) is 8.42 Å². The normalized spacial score (nSPS) is 11.1. The van der Waals surface area contributed by atoms with Gasteiger partial charge in [-0.3, -0.25) is 4.72 Å². The summed E-state index contributed by atoms with van der Waals surface area (Å²) in [5.41, 5.74) is 4.99. The van der Waals surface area contributed by atoms with Crippen LogP contribution < -0.4 is 15.6 Å². The van der Waals surface area contributed by atoms with Gasteiger partial charge in [0.2, 0.25) is 0 Å². The van der Waals surface area contributed by atoms with Crippen LogP contribution in [0.15, 0.2) is 18.2 Å². The number of nitrogens with two attached hydrogens (primary N) is 2. The van der Waals surface area contributed by atoms with E-state index >= 15 is 0 Å². The number of hydrogen-bond donors (Lipinski definition) is 3. The van der Waals surface area contributed by atoms with Gasteiger partial charge in [0.1, 0.15) is 10.8 Å². The zero-order valence-corrected chi connectivity index (χ0v) is 9.03. The molecule has 0 aliphatic rings. The van der Waals surface area contributed by atoms with Crippen LogP contribution in [0.2, 0.25) is 0 Å². The molecule has 0 radical (unpaired) electrons. The van der Waals surface area contributed by atoms with Gasteiger partial charge in [-0.15, -0.1) is 0 Å². The number of halogens is 1. The molecule has 0 saturated heterocycles. The zero-order valence-electron chi connectivity index (χ0n) is 7.40. The second kappa shape index (κ2) is 4.09. The molecule has 0 unspecified atom stereocenters. The molecular formula is C7H8FN3O2S2. The highest BCUT2D eigenvalue weighted by molar-refractivity contribution is 7.90. The van der Waals surface area contributed by atoms with Crippen LogP contribution in [0.25, 0.3) is 0 Å². The first-order valence-corrected chi connectivity index (χ1v) is 5.65. The summed E-state index contributed by atoms with van der Waals surface area (Å²) in [6.45, 7) is 0. The first-order valence-electron chi connectivity index (χ1n) is 3.70. The van der Waals surface area contributed by atoms with Crippen molar-refractivity contribution >= 4 is 33.1 Å². The third-order valence-electron chi connectivity index (χ3n) is 1.51. The number of nitrogens with one attached hydrogen (secondary N) is 1. The summed E-state index contributed by atoms with van der Waals surface area (Å²) in [5, 5.41) is 4.74. The minimum absolute atomic E-state index is 0.0787. The monoisotopic (exact) mass is 249 g/mol. The fourth-order valence-electron chi connectivity index (χ4n) is 1.01. The van der Waals surface area contributed by atoms with Crippen molar-refractivity contribution in [2.75, 3.05) is 4.72 Å². The van der Waals surface area contributed by atoms with Crippen LogP contribution in [0.1, 0.15) is 5.56 Å². The van der Waals surface area contributed by atoms with Gasteiger partial charge < -0.3 is 5.73 Å². The first-order chi connectivity index (χ1) is 6.81. The Labute approximate surface area is 91.4 Å². The predicted octanol–water partition coefficient (Wildman–Crippen LogP) is 0.0753. The van der Waals surface area contributed by atoms with E-state index in [-0.39, 0.29) is 16.2 Å². The molecule has 0 aliphatic heterocycles. The minimum Gasteiger partial charge on any atom is -0.389 e. The van der Waals surface area contributed by atoms with E-state index in [1.165, 1.54) is 12.1 Å². The maximum Gasteiger partial charge on any atom is 0.296 e. The Balaban J connectivity index is 3.30. The summed E-state index contributed by atoms with van der Waals surface area (Å²) < 4.78 is 36.6. The van der Waals surface area contributed by atoms with E-state index < -0.39 is 16.0 Å². The Bertz CT molecular complexity index is 501. The van der Waals surface area contributed by atoms with Gasteiger partial charge in [0.25, 0.3) is 10.2 Å². The lowest BCUT2D eigenvalue weighted by atomic mass is 10.2. The maximum atomic E-state index is 13.2. The molecule has 1 rings (SSSR count). The topological polar surface area (TPSA) is 98.2 Å². The summed E-state index contributed by atoms with van der Waals surface area (Å²) >= 11 is 4.59. The standard InChI is InChI=1S/C7H8FN3O2S2/c8-4-2-1-3-5(6(4)7(9)14)11-15(10,12)13/h1-3,11H,(H2,9,14)(H2,10,12,13). The van der Waals surface area contributed by atoms with E-state index in [4.69, 9.17) is 10.9 Å². The van der Waals surface area contributed by atoms with Crippen molar-refractivity contribution in [3.8, 4) is 0 Å². The predicted molar refractivity (Wildman–Crippen MR) is 59.0 cm³/mol. The summed E-state index contributed by atoms with van der Waals surface area (Å²) in [6, 6.07) is 3.73. The summed E-state index contributed by atoms with van der Waals surface area (Å²) in [5.74, 6) is -0.712. The third-order valence-corrected chi connectivity index (χ3v) is 2.22. The van der Waals surface area contributed by atoms with E-state index in [1.54, 1.807) is 0 Å². The van der Waals surface area contributed by atoms with Crippen molar-refractivity contribution in [3.05, 3.63) is 29.6 Å². The van der Waals surface area contributed by atoms with Crippen molar-refractivity contribution in [1.82, 2.24) is 0 Å². The van der Waals surface area contributed by atoms with E-state index in [0.717, 1.165) is 6.07 Å². The molecule has 0 aromatic heterocycles. The molecule has 0 atom stereocenters. The SMILES string of the molecule is NC(=S)c1c(F)cccc1NS(N)(=O)=O. The van der Waals surface area contributed by atoms with Crippen LogP contribution in [0.3, 0.4) is 0 Å². The highest BCUT2D eigenvalue weighted by Crippen LogP contribution is 2.19. The number of rotatable bonds is 3. The highest BCUT2D eigenvalue weighted by atomic mass is 32.2. The van der Waals surface area contributed by atoms with Crippen LogP contribution in [0.4, 0.5) is 10.1 Å². The van der Waals surface area contributed by atoms with Crippen molar-refractivity contribution in [2.45, 2.75) is 0 Å². The lowest BCUT2D eigenvalue weighted by molar-refractivity contribution is 0.602. The highest BCUT2D eigenvalue weighted by Gasteiger charge is 2.13. The van der Waals surface area contributed by atoms with Crippen LogP contribution in [-0.2, 0) is 10.2 Å². The fourth-order valence-corrected chi connectivity index (χ4v) is 1.70. The second-order valence-corrected chi connectivity index (χ2v) is 4.41. The van der Waals surface area contributed by atoms with Crippen molar-refractivity contribution < 1.29 is 12.8 Å². The number of thiocarbonyl (C=S) groups is 1. The lowest BCUT2D eigenvalue weighted by Gasteiger charge is -2.09. The molecule has 5 N–H and O–H groups in total. The summed E-state index contributed by atoms with van der Waals surface area (Å²) in [6.07, 6.45) is 0. The van der Waals surface area contributed by atoms with Gasteiger partial charge in [-0.1, -0.05) is 18.3 Å². The molecule has 0 spiro atoms. The van der Waals surface area contributed by atoms with Crippen molar-refractivity contribution in [3.63, 3.8) is 0 Å². The third kappa shape index (κ3) is 3.11. The molecule has 0 bridgehead atoms. The maximum absolute atomic E-state index is 13.2. The van der Waals surface area contributed by atoms with Crippen LogP contribution >= 0.6 is 12.2 Å². The van der Waals surface area contributed by atoms with Crippen LogP contribution in [-0.4, -0.2) is 13.4 Å². The van der Waals surface area contributed by atoms with Gasteiger partial charge in [0, 0.05) is 0 Å². The number of benzene rings is 1. The van der Waals surface area contributed by atoms with E-state index in [2.05, 4.69) is 12.2 Å². The van der Waals surface area contributed by atoms with Gasteiger partial charge in [0.15, 0.2) is 0 Å². The molecule has 0 aliphatic carbocycles. The van der Waals surface area contributed by atoms with Crippen molar-refractivity contribution in [2.24, 2.45) is 10.9 Å². The number of hydrogen-bond acceptors (Lipinski definition) is 3. The van der Waals surface area contributed by atoms with Gasteiger partial charge in [-0.05, 0) is 12.1 Å². The molecular weight excluding hydrogens is 241 g/mol. The second-order valence-electron chi connectivity index (χ2n) is 2.67. The van der Waals surface area contributed by atoms with Gasteiger partial charge >= 0.3 is 0 Å². The Kier molecular flexibility index (Phi) is 3.22. The smallest absolute Gasteiger partial charge is 0.296 e. The van der Waals surface area contributed by atoms with Crippen molar-refractivity contribution in [1.29, 1.82) is 0 Å². The summed E-state index contributed by atoms with van der Waals surface area (Å²) in [4.78, 5) is -0.251. The number of anilines is 1. The Morgan fingerprint density at radius 1 is 1.47 bits per heavy atom. The zero-order chi connectivity index (χ0) is 11.6. The average Bonchev–Trinajstić information content (AvgIpc) is 1.99. The van der Waals surface area contributed by atoms with Crippen LogP contribution in [0.5, 0.6) is 0 Å². The molecule has 0 fully saturated rings. The van der Waals surface area contributed by atoms with Gasteiger partial charge in [-0.25, -0.2) is 9.53 Å². The Morgan fingerprint density at radius 2 is 2.07 bits per heavy atom. The largest absolute Gasteiger partial charge is 0.389 e. The Morgan fingerprint density at radius 3 is 2.53 bits per heavy atom. The Hall–Kier alpha value is -1.25. The van der Waals surface area contributed by atoms with E-state index in [9.17, 15) is 12.8 Å². The molecule has 1 aromatic rings. The summed E-state index contributed by atoms with van der Waals surface area (Å²) in [7, 11) is -3.98. The first kappa shape index (κ1) is 11.8. The van der Waals surface area contributed by atoms with Gasteiger partial charge in [0.05, 0.1) is 11.3 Å². The van der Waals surface area contributed by atoms with E-state index in [0.29, 0.717) is 0 Å². The average molecular weight is 249 g/mol. The molecule has 0 amide bonds. The quantitative estimate of drug-likeness (QED) is 0.660. The lowest BCUT2D eigenvalue weighted by Crippen LogP contribution is -2.24. The molecule has 15 heavy (non-hydrogen) atoms. The molecule has 5 nitrogen and oxygen atoms in total. The molecule has 8 heteroatoms. The minimum atomic E-state index is -3.98. The molecule has 0 heterocycles. The molecule has 82 valence electrons.